The SMILES string of the molecule is COCCOCCOCCOc1nc(CNC(C)C)co1. The van der Waals surface area contributed by atoms with Gasteiger partial charge >= 0.3 is 6.08 Å². The Bertz CT molecular complexity index is 357. The Morgan fingerprint density at radius 3 is 2.43 bits per heavy atom. The zero-order chi connectivity index (χ0) is 15.3. The fraction of sp³-hybridized carbons (Fsp3) is 0.786. The van der Waals surface area contributed by atoms with Crippen molar-refractivity contribution in [2.75, 3.05) is 46.8 Å². The Labute approximate surface area is 125 Å². The van der Waals surface area contributed by atoms with Gasteiger partial charge in [0.2, 0.25) is 0 Å². The number of methoxy groups -OCH3 is 1. The minimum absolute atomic E-state index is 0.274. The van der Waals surface area contributed by atoms with Gasteiger partial charge in [-0.3, -0.25) is 0 Å². The maximum Gasteiger partial charge on any atom is 0.393 e. The quantitative estimate of drug-likeness (QED) is 0.549. The fourth-order valence-electron chi connectivity index (χ4n) is 1.40. The topological polar surface area (TPSA) is 75.0 Å². The smallest absolute Gasteiger partial charge is 0.393 e. The van der Waals surface area contributed by atoms with E-state index in [0.29, 0.717) is 52.2 Å². The lowest BCUT2D eigenvalue weighted by atomic mass is 10.4. The summed E-state index contributed by atoms with van der Waals surface area (Å²) < 4.78 is 26.0. The molecule has 0 aliphatic heterocycles. The van der Waals surface area contributed by atoms with Crippen LogP contribution in [0.3, 0.4) is 0 Å². The van der Waals surface area contributed by atoms with Crippen LogP contribution in [0.25, 0.3) is 0 Å². The van der Waals surface area contributed by atoms with E-state index in [9.17, 15) is 0 Å². The highest BCUT2D eigenvalue weighted by Gasteiger charge is 2.05. The average molecular weight is 302 g/mol. The van der Waals surface area contributed by atoms with Crippen LogP contribution in [0.2, 0.25) is 0 Å². The molecule has 0 saturated carbocycles. The highest BCUT2D eigenvalue weighted by atomic mass is 16.6. The van der Waals surface area contributed by atoms with Crippen LogP contribution in [-0.4, -0.2) is 57.8 Å². The standard InChI is InChI=1S/C14H26N2O5/c1-12(2)15-10-13-11-21-14(16-13)20-9-8-19-7-6-18-5-4-17-3/h11-12,15H,4-10H2,1-3H3. The van der Waals surface area contributed by atoms with Gasteiger partial charge in [-0.15, -0.1) is 0 Å². The molecule has 0 radical (unpaired) electrons. The van der Waals surface area contributed by atoms with E-state index in [-0.39, 0.29) is 6.08 Å². The second-order valence-corrected chi connectivity index (χ2v) is 4.71. The number of oxazole rings is 1. The summed E-state index contributed by atoms with van der Waals surface area (Å²) in [4.78, 5) is 4.20. The van der Waals surface area contributed by atoms with Crippen LogP contribution in [0.1, 0.15) is 19.5 Å². The van der Waals surface area contributed by atoms with Gasteiger partial charge in [-0.25, -0.2) is 0 Å². The van der Waals surface area contributed by atoms with Crippen LogP contribution in [0.5, 0.6) is 6.08 Å². The van der Waals surface area contributed by atoms with Gasteiger partial charge in [0.25, 0.3) is 0 Å². The van der Waals surface area contributed by atoms with Crippen molar-refractivity contribution in [3.63, 3.8) is 0 Å². The molecule has 0 saturated heterocycles. The third-order valence-corrected chi connectivity index (χ3v) is 2.48. The van der Waals surface area contributed by atoms with E-state index >= 15 is 0 Å². The molecule has 0 atom stereocenters. The summed E-state index contributed by atoms with van der Waals surface area (Å²) in [5, 5.41) is 3.25. The van der Waals surface area contributed by atoms with E-state index in [1.165, 1.54) is 0 Å². The Morgan fingerprint density at radius 1 is 1.10 bits per heavy atom. The monoisotopic (exact) mass is 302 g/mol. The molecule has 0 amide bonds. The van der Waals surface area contributed by atoms with Crippen molar-refractivity contribution in [1.29, 1.82) is 0 Å². The van der Waals surface area contributed by atoms with Gasteiger partial charge in [-0.2, -0.15) is 4.98 Å². The molecule has 1 N–H and O–H groups in total. The van der Waals surface area contributed by atoms with Crippen LogP contribution in [0, 0.1) is 0 Å². The largest absolute Gasteiger partial charge is 0.448 e. The predicted molar refractivity (Wildman–Crippen MR) is 77.5 cm³/mol. The summed E-state index contributed by atoms with van der Waals surface area (Å²) in [6.07, 6.45) is 1.87. The fourth-order valence-corrected chi connectivity index (χ4v) is 1.40. The molecule has 1 aromatic heterocycles. The van der Waals surface area contributed by atoms with E-state index < -0.39 is 0 Å². The lowest BCUT2D eigenvalue weighted by Crippen LogP contribution is -2.21. The average Bonchev–Trinajstić information content (AvgIpc) is 2.91. The van der Waals surface area contributed by atoms with Gasteiger partial charge in [0.1, 0.15) is 12.9 Å². The molecule has 0 unspecified atom stereocenters. The number of ether oxygens (including phenoxy) is 4. The molecule has 1 heterocycles. The molecular formula is C14H26N2O5. The second kappa shape index (κ2) is 11.5. The maximum atomic E-state index is 5.35. The van der Waals surface area contributed by atoms with E-state index in [2.05, 4.69) is 24.1 Å². The Kier molecular flexibility index (Phi) is 9.81. The summed E-state index contributed by atoms with van der Waals surface area (Å²) in [5.41, 5.74) is 0.825. The van der Waals surface area contributed by atoms with Gasteiger partial charge in [0, 0.05) is 19.7 Å². The molecule has 0 spiro atoms. The number of hydrogen-bond acceptors (Lipinski definition) is 7. The molecule has 0 bridgehead atoms. The number of aromatic nitrogens is 1. The summed E-state index contributed by atoms with van der Waals surface area (Å²) in [7, 11) is 1.64. The molecule has 7 nitrogen and oxygen atoms in total. The van der Waals surface area contributed by atoms with Crippen molar-refractivity contribution in [3.8, 4) is 6.08 Å². The zero-order valence-electron chi connectivity index (χ0n) is 13.1. The van der Waals surface area contributed by atoms with Crippen molar-refractivity contribution >= 4 is 0 Å². The van der Waals surface area contributed by atoms with E-state index in [1.807, 2.05) is 0 Å². The van der Waals surface area contributed by atoms with Crippen molar-refractivity contribution in [2.24, 2.45) is 0 Å². The van der Waals surface area contributed by atoms with Gasteiger partial charge in [0.05, 0.1) is 38.7 Å². The van der Waals surface area contributed by atoms with Crippen LogP contribution < -0.4 is 10.1 Å². The molecule has 7 heteroatoms. The first-order chi connectivity index (χ1) is 10.2. The molecule has 0 aliphatic rings. The maximum absolute atomic E-state index is 5.35. The highest BCUT2D eigenvalue weighted by molar-refractivity contribution is 4.99. The third-order valence-electron chi connectivity index (χ3n) is 2.48. The molecule has 122 valence electrons. The van der Waals surface area contributed by atoms with Gasteiger partial charge in [-0.05, 0) is 0 Å². The van der Waals surface area contributed by atoms with E-state index in [4.69, 9.17) is 23.4 Å². The van der Waals surface area contributed by atoms with Crippen LogP contribution in [0.15, 0.2) is 10.7 Å². The predicted octanol–water partition coefficient (Wildman–Crippen LogP) is 1.23. The Morgan fingerprint density at radius 2 is 1.76 bits per heavy atom. The number of hydrogen-bond donors (Lipinski definition) is 1. The molecule has 0 aliphatic carbocycles. The molecule has 0 aromatic carbocycles. The minimum atomic E-state index is 0.274. The normalized spacial score (nSPS) is 11.2. The summed E-state index contributed by atoms with van der Waals surface area (Å²) >= 11 is 0. The first-order valence-electron chi connectivity index (χ1n) is 7.17. The van der Waals surface area contributed by atoms with Crippen molar-refractivity contribution in [2.45, 2.75) is 26.4 Å². The summed E-state index contributed by atoms with van der Waals surface area (Å²) in [6.45, 7) is 7.95. The summed E-state index contributed by atoms with van der Waals surface area (Å²) in [5.74, 6) is 0. The summed E-state index contributed by atoms with van der Waals surface area (Å²) in [6, 6.07) is 0.408. The van der Waals surface area contributed by atoms with Crippen molar-refractivity contribution in [1.82, 2.24) is 10.3 Å². The first-order valence-corrected chi connectivity index (χ1v) is 7.17. The van der Waals surface area contributed by atoms with E-state index in [0.717, 1.165) is 5.69 Å². The van der Waals surface area contributed by atoms with Crippen LogP contribution >= 0.6 is 0 Å². The first kappa shape index (κ1) is 17.9. The van der Waals surface area contributed by atoms with E-state index in [1.54, 1.807) is 13.4 Å². The third kappa shape index (κ3) is 9.41. The minimum Gasteiger partial charge on any atom is -0.448 e. The number of rotatable bonds is 13. The van der Waals surface area contributed by atoms with Crippen molar-refractivity contribution < 1.29 is 23.4 Å². The van der Waals surface area contributed by atoms with Gasteiger partial charge < -0.3 is 28.7 Å². The highest BCUT2D eigenvalue weighted by Crippen LogP contribution is 2.09. The van der Waals surface area contributed by atoms with Gasteiger partial charge in [-0.1, -0.05) is 13.8 Å². The van der Waals surface area contributed by atoms with Crippen LogP contribution in [-0.2, 0) is 20.8 Å². The zero-order valence-corrected chi connectivity index (χ0v) is 13.1. The Hall–Kier alpha value is -1.15. The van der Waals surface area contributed by atoms with Crippen molar-refractivity contribution in [3.05, 3.63) is 12.0 Å². The van der Waals surface area contributed by atoms with Gasteiger partial charge in [0.15, 0.2) is 0 Å². The lowest BCUT2D eigenvalue weighted by molar-refractivity contribution is 0.0157. The lowest BCUT2D eigenvalue weighted by Gasteiger charge is -2.05. The Balaban J connectivity index is 1.97. The molecule has 1 aromatic rings. The van der Waals surface area contributed by atoms with Crippen LogP contribution in [0.4, 0.5) is 0 Å². The molecule has 0 fully saturated rings. The second-order valence-electron chi connectivity index (χ2n) is 4.71. The number of nitrogens with one attached hydrogen (secondary N) is 1. The molecule has 21 heavy (non-hydrogen) atoms. The number of nitrogens with zero attached hydrogens (tertiary/aromatic N) is 1. The molecule has 1 rings (SSSR count). The molecular weight excluding hydrogens is 276 g/mol.